The Kier molecular flexibility index (Phi) is 6.01. The molecule has 0 aliphatic heterocycles. The molecule has 0 aliphatic rings. The van der Waals surface area contributed by atoms with Gasteiger partial charge in [0, 0.05) is 30.9 Å². The molecule has 1 aromatic rings. The summed E-state index contributed by atoms with van der Waals surface area (Å²) in [5, 5.41) is 3.33. The number of thiocarbonyl (C=S) groups is 1. The summed E-state index contributed by atoms with van der Waals surface area (Å²) >= 11 is 5.01. The highest BCUT2D eigenvalue weighted by Crippen LogP contribution is 2.12. The van der Waals surface area contributed by atoms with Crippen LogP contribution >= 0.6 is 12.2 Å². The molecule has 1 aromatic heterocycles. The molecular weight excluding hydrogens is 244 g/mol. The normalized spacial score (nSPS) is 12.4. The molecule has 0 saturated carbocycles. The third-order valence-electron chi connectivity index (χ3n) is 3.21. The zero-order valence-corrected chi connectivity index (χ0v) is 12.1. The van der Waals surface area contributed by atoms with Crippen LogP contribution in [0.5, 0.6) is 0 Å². The summed E-state index contributed by atoms with van der Waals surface area (Å²) in [6.45, 7) is 6.24. The van der Waals surface area contributed by atoms with Crippen LogP contribution in [-0.2, 0) is 0 Å². The van der Waals surface area contributed by atoms with E-state index >= 15 is 0 Å². The average molecular weight is 266 g/mol. The fourth-order valence-corrected chi connectivity index (χ4v) is 1.83. The van der Waals surface area contributed by atoms with Gasteiger partial charge in [0.1, 0.15) is 4.99 Å². The van der Waals surface area contributed by atoms with Crippen LogP contribution < -0.4 is 11.1 Å². The van der Waals surface area contributed by atoms with Crippen molar-refractivity contribution in [3.63, 3.8) is 0 Å². The van der Waals surface area contributed by atoms with E-state index in [9.17, 15) is 0 Å². The van der Waals surface area contributed by atoms with E-state index in [1.165, 1.54) is 0 Å². The summed E-state index contributed by atoms with van der Waals surface area (Å²) in [7, 11) is 2.13. The summed E-state index contributed by atoms with van der Waals surface area (Å²) in [6, 6.07) is 2.43. The smallest absolute Gasteiger partial charge is 0.106 e. The lowest BCUT2D eigenvalue weighted by atomic mass is 10.2. The van der Waals surface area contributed by atoms with E-state index in [0.29, 0.717) is 11.0 Å². The minimum absolute atomic E-state index is 0.398. The second kappa shape index (κ2) is 7.28. The van der Waals surface area contributed by atoms with E-state index in [1.54, 1.807) is 12.4 Å². The molecular formula is C13H22N4S. The summed E-state index contributed by atoms with van der Waals surface area (Å²) < 4.78 is 0. The quantitative estimate of drug-likeness (QED) is 0.738. The van der Waals surface area contributed by atoms with Crippen LogP contribution in [0.3, 0.4) is 0 Å². The molecule has 0 fully saturated rings. The molecule has 5 heteroatoms. The van der Waals surface area contributed by atoms with Gasteiger partial charge in [-0.15, -0.1) is 0 Å². The Morgan fingerprint density at radius 3 is 2.94 bits per heavy atom. The van der Waals surface area contributed by atoms with Gasteiger partial charge in [-0.1, -0.05) is 19.1 Å². The third kappa shape index (κ3) is 4.23. The third-order valence-corrected chi connectivity index (χ3v) is 3.43. The van der Waals surface area contributed by atoms with Crippen molar-refractivity contribution in [2.24, 2.45) is 5.73 Å². The number of likely N-dealkylation sites (N-methyl/N-ethyl adjacent to an activating group) is 1. The number of hydrogen-bond acceptors (Lipinski definition) is 4. The summed E-state index contributed by atoms with van der Waals surface area (Å²) in [5.41, 5.74) is 7.43. The Hall–Kier alpha value is -1.20. The molecule has 100 valence electrons. The highest BCUT2D eigenvalue weighted by molar-refractivity contribution is 7.80. The predicted molar refractivity (Wildman–Crippen MR) is 81.0 cm³/mol. The first-order valence-corrected chi connectivity index (χ1v) is 6.65. The molecule has 0 aromatic carbocycles. The fourth-order valence-electron chi connectivity index (χ4n) is 1.65. The number of hydrogen-bond donors (Lipinski definition) is 2. The topological polar surface area (TPSA) is 54.2 Å². The van der Waals surface area contributed by atoms with Crippen LogP contribution in [0.2, 0.25) is 0 Å². The van der Waals surface area contributed by atoms with E-state index in [0.717, 1.165) is 30.8 Å². The van der Waals surface area contributed by atoms with Gasteiger partial charge in [-0.25, -0.2) is 0 Å². The van der Waals surface area contributed by atoms with Crippen molar-refractivity contribution in [3.8, 4) is 0 Å². The van der Waals surface area contributed by atoms with Gasteiger partial charge in [0.2, 0.25) is 0 Å². The van der Waals surface area contributed by atoms with Gasteiger partial charge < -0.3 is 16.0 Å². The summed E-state index contributed by atoms with van der Waals surface area (Å²) in [6.07, 6.45) is 4.62. The average Bonchev–Trinajstić information content (AvgIpc) is 2.38. The standard InChI is InChI=1S/C13H22N4S/c1-4-10(2)17(3)8-7-16-12-9-15-6-5-11(12)13(14)18/h5-6,9-10,16H,4,7-8H2,1-3H3,(H2,14,18). The highest BCUT2D eigenvalue weighted by Gasteiger charge is 2.07. The lowest BCUT2D eigenvalue weighted by molar-refractivity contribution is 0.261. The number of pyridine rings is 1. The maximum atomic E-state index is 5.67. The molecule has 1 atom stereocenters. The van der Waals surface area contributed by atoms with E-state index in [4.69, 9.17) is 18.0 Å². The zero-order valence-electron chi connectivity index (χ0n) is 11.3. The molecule has 0 bridgehead atoms. The Morgan fingerprint density at radius 1 is 1.61 bits per heavy atom. The zero-order chi connectivity index (χ0) is 13.5. The largest absolute Gasteiger partial charge is 0.389 e. The lowest BCUT2D eigenvalue weighted by Gasteiger charge is -2.23. The molecule has 18 heavy (non-hydrogen) atoms. The lowest BCUT2D eigenvalue weighted by Crippen LogP contribution is -2.33. The monoisotopic (exact) mass is 266 g/mol. The fraction of sp³-hybridized carbons (Fsp3) is 0.538. The number of nitrogens with one attached hydrogen (secondary N) is 1. The van der Waals surface area contributed by atoms with Gasteiger partial charge in [-0.3, -0.25) is 4.98 Å². The Morgan fingerprint density at radius 2 is 2.33 bits per heavy atom. The second-order valence-corrected chi connectivity index (χ2v) is 4.89. The Labute approximate surface area is 115 Å². The number of nitrogens with zero attached hydrogens (tertiary/aromatic N) is 2. The van der Waals surface area contributed by atoms with Gasteiger partial charge in [0.05, 0.1) is 11.9 Å². The van der Waals surface area contributed by atoms with E-state index in [-0.39, 0.29) is 0 Å². The molecule has 3 N–H and O–H groups in total. The van der Waals surface area contributed by atoms with Gasteiger partial charge in [-0.05, 0) is 26.5 Å². The molecule has 0 amide bonds. The van der Waals surface area contributed by atoms with E-state index in [2.05, 4.69) is 36.1 Å². The molecule has 4 nitrogen and oxygen atoms in total. The van der Waals surface area contributed by atoms with E-state index in [1.807, 2.05) is 6.07 Å². The van der Waals surface area contributed by atoms with Crippen molar-refractivity contribution in [3.05, 3.63) is 24.0 Å². The van der Waals surface area contributed by atoms with Crippen molar-refractivity contribution in [1.82, 2.24) is 9.88 Å². The molecule has 0 radical (unpaired) electrons. The first kappa shape index (κ1) is 14.9. The predicted octanol–water partition coefficient (Wildman–Crippen LogP) is 1.86. The minimum Gasteiger partial charge on any atom is -0.389 e. The second-order valence-electron chi connectivity index (χ2n) is 4.45. The SMILES string of the molecule is CCC(C)N(C)CCNc1cnccc1C(N)=S. The Balaban J connectivity index is 2.51. The van der Waals surface area contributed by atoms with Crippen molar-refractivity contribution in [2.75, 3.05) is 25.5 Å². The maximum Gasteiger partial charge on any atom is 0.106 e. The van der Waals surface area contributed by atoms with Crippen molar-refractivity contribution in [1.29, 1.82) is 0 Å². The van der Waals surface area contributed by atoms with Crippen LogP contribution in [0.15, 0.2) is 18.5 Å². The molecule has 1 unspecified atom stereocenters. The van der Waals surface area contributed by atoms with Crippen LogP contribution in [-0.4, -0.2) is 41.1 Å². The number of nitrogens with two attached hydrogens (primary N) is 1. The summed E-state index contributed by atoms with van der Waals surface area (Å²) in [5.74, 6) is 0. The van der Waals surface area contributed by atoms with Gasteiger partial charge in [0.25, 0.3) is 0 Å². The van der Waals surface area contributed by atoms with Crippen molar-refractivity contribution in [2.45, 2.75) is 26.3 Å². The molecule has 1 heterocycles. The number of rotatable bonds is 7. The number of aromatic nitrogens is 1. The van der Waals surface area contributed by atoms with Gasteiger partial charge in [0.15, 0.2) is 0 Å². The minimum atomic E-state index is 0.398. The first-order chi connectivity index (χ1) is 8.56. The van der Waals surface area contributed by atoms with Crippen LogP contribution in [0, 0.1) is 0 Å². The van der Waals surface area contributed by atoms with E-state index < -0.39 is 0 Å². The van der Waals surface area contributed by atoms with Crippen molar-refractivity contribution >= 4 is 22.9 Å². The van der Waals surface area contributed by atoms with Crippen LogP contribution in [0.4, 0.5) is 5.69 Å². The van der Waals surface area contributed by atoms with Crippen LogP contribution in [0.25, 0.3) is 0 Å². The van der Waals surface area contributed by atoms with Gasteiger partial charge in [-0.2, -0.15) is 0 Å². The highest BCUT2D eigenvalue weighted by atomic mass is 32.1. The van der Waals surface area contributed by atoms with Gasteiger partial charge >= 0.3 is 0 Å². The van der Waals surface area contributed by atoms with Crippen molar-refractivity contribution < 1.29 is 0 Å². The molecule has 0 aliphatic carbocycles. The molecule has 1 rings (SSSR count). The number of anilines is 1. The summed E-state index contributed by atoms with van der Waals surface area (Å²) in [4.78, 5) is 6.81. The molecule has 0 saturated heterocycles. The molecule has 0 spiro atoms. The first-order valence-electron chi connectivity index (χ1n) is 6.24. The van der Waals surface area contributed by atoms with Crippen LogP contribution in [0.1, 0.15) is 25.8 Å². The maximum absolute atomic E-state index is 5.67. The Bertz CT molecular complexity index is 394.